The SMILES string of the molecule is C#Cc1cn(Cc2ccccc2)c2nc(NC(=O)C(C)(C)C)nc(C)c12. The summed E-state index contributed by atoms with van der Waals surface area (Å²) >= 11 is 0. The Labute approximate surface area is 153 Å². The van der Waals surface area contributed by atoms with Gasteiger partial charge in [-0.25, -0.2) is 4.98 Å². The summed E-state index contributed by atoms with van der Waals surface area (Å²) in [5.74, 6) is 2.88. The van der Waals surface area contributed by atoms with E-state index in [1.54, 1.807) is 0 Å². The Hall–Kier alpha value is -3.13. The van der Waals surface area contributed by atoms with Crippen LogP contribution < -0.4 is 5.32 Å². The molecule has 0 aliphatic rings. The molecular weight excluding hydrogens is 324 g/mol. The van der Waals surface area contributed by atoms with Gasteiger partial charge in [0.15, 0.2) is 0 Å². The van der Waals surface area contributed by atoms with Crippen molar-refractivity contribution in [2.45, 2.75) is 34.2 Å². The smallest absolute Gasteiger partial charge is 0.232 e. The molecule has 0 aliphatic carbocycles. The first-order chi connectivity index (χ1) is 12.3. The minimum absolute atomic E-state index is 0.130. The third-order valence-electron chi connectivity index (χ3n) is 4.15. The molecule has 0 spiro atoms. The zero-order valence-electron chi connectivity index (χ0n) is 15.5. The predicted molar refractivity (Wildman–Crippen MR) is 104 cm³/mol. The molecule has 3 aromatic rings. The third kappa shape index (κ3) is 3.45. The van der Waals surface area contributed by atoms with Crippen LogP contribution in [0.5, 0.6) is 0 Å². The molecule has 0 saturated carbocycles. The number of terminal acetylenes is 1. The number of benzene rings is 1. The van der Waals surface area contributed by atoms with Gasteiger partial charge in [-0.15, -0.1) is 6.42 Å². The molecule has 0 atom stereocenters. The summed E-state index contributed by atoms with van der Waals surface area (Å²) in [4.78, 5) is 21.3. The van der Waals surface area contributed by atoms with Gasteiger partial charge in [-0.2, -0.15) is 4.98 Å². The number of fused-ring (bicyclic) bond motifs is 1. The minimum Gasteiger partial charge on any atom is -0.327 e. The van der Waals surface area contributed by atoms with Gasteiger partial charge >= 0.3 is 0 Å². The molecule has 26 heavy (non-hydrogen) atoms. The fraction of sp³-hybridized carbons (Fsp3) is 0.286. The van der Waals surface area contributed by atoms with E-state index in [0.717, 1.165) is 27.9 Å². The number of anilines is 1. The maximum Gasteiger partial charge on any atom is 0.232 e. The Bertz CT molecular complexity index is 1000. The molecule has 1 amide bonds. The molecule has 0 fully saturated rings. The molecule has 0 bridgehead atoms. The summed E-state index contributed by atoms with van der Waals surface area (Å²) in [6.07, 6.45) is 7.59. The Morgan fingerprint density at radius 1 is 1.23 bits per heavy atom. The second-order valence-corrected chi connectivity index (χ2v) is 7.34. The number of nitrogens with zero attached hydrogens (tertiary/aromatic N) is 3. The van der Waals surface area contributed by atoms with E-state index in [9.17, 15) is 4.79 Å². The monoisotopic (exact) mass is 346 g/mol. The zero-order valence-corrected chi connectivity index (χ0v) is 15.5. The average molecular weight is 346 g/mol. The number of nitrogens with one attached hydrogen (secondary N) is 1. The van der Waals surface area contributed by atoms with E-state index in [2.05, 4.69) is 33.3 Å². The minimum atomic E-state index is -0.526. The van der Waals surface area contributed by atoms with Crippen LogP contribution in [0, 0.1) is 24.7 Å². The summed E-state index contributed by atoms with van der Waals surface area (Å²) in [5.41, 5.74) is 2.84. The predicted octanol–water partition coefficient (Wildman–Crippen LogP) is 3.75. The molecule has 5 nitrogen and oxygen atoms in total. The van der Waals surface area contributed by atoms with Crippen LogP contribution in [0.4, 0.5) is 5.95 Å². The van der Waals surface area contributed by atoms with E-state index in [4.69, 9.17) is 6.42 Å². The highest BCUT2D eigenvalue weighted by Gasteiger charge is 2.23. The second kappa shape index (κ2) is 6.64. The Balaban J connectivity index is 2.08. The highest BCUT2D eigenvalue weighted by Crippen LogP contribution is 2.25. The summed E-state index contributed by atoms with van der Waals surface area (Å²) in [6.45, 7) is 8.07. The van der Waals surface area contributed by atoms with E-state index in [-0.39, 0.29) is 5.91 Å². The largest absolute Gasteiger partial charge is 0.327 e. The van der Waals surface area contributed by atoms with Crippen LogP contribution in [0.25, 0.3) is 11.0 Å². The van der Waals surface area contributed by atoms with Crippen molar-refractivity contribution in [2.24, 2.45) is 5.41 Å². The number of aryl methyl sites for hydroxylation is 1. The van der Waals surface area contributed by atoms with Crippen LogP contribution in [0.2, 0.25) is 0 Å². The van der Waals surface area contributed by atoms with Crippen molar-refractivity contribution in [3.05, 3.63) is 53.3 Å². The Morgan fingerprint density at radius 2 is 1.92 bits per heavy atom. The van der Waals surface area contributed by atoms with Gasteiger partial charge in [0.2, 0.25) is 11.9 Å². The number of carbonyl (C=O) groups excluding carboxylic acids is 1. The van der Waals surface area contributed by atoms with Crippen LogP contribution in [0.1, 0.15) is 37.6 Å². The fourth-order valence-corrected chi connectivity index (χ4v) is 2.72. The van der Waals surface area contributed by atoms with Gasteiger partial charge in [-0.05, 0) is 12.5 Å². The number of hydrogen-bond donors (Lipinski definition) is 1. The quantitative estimate of drug-likeness (QED) is 0.735. The molecule has 0 aliphatic heterocycles. The van der Waals surface area contributed by atoms with Crippen LogP contribution >= 0.6 is 0 Å². The van der Waals surface area contributed by atoms with Gasteiger partial charge < -0.3 is 4.57 Å². The summed E-state index contributed by atoms with van der Waals surface area (Å²) < 4.78 is 2.00. The van der Waals surface area contributed by atoms with Crippen LogP contribution in [0.3, 0.4) is 0 Å². The number of amides is 1. The zero-order chi connectivity index (χ0) is 18.9. The molecular formula is C21H22N4O. The van der Waals surface area contributed by atoms with E-state index in [1.807, 2.05) is 56.7 Å². The normalized spacial score (nSPS) is 11.3. The first-order valence-corrected chi connectivity index (χ1v) is 8.49. The first-order valence-electron chi connectivity index (χ1n) is 8.49. The van der Waals surface area contributed by atoms with Crippen molar-refractivity contribution in [2.75, 3.05) is 5.32 Å². The van der Waals surface area contributed by atoms with Crippen molar-refractivity contribution in [3.8, 4) is 12.3 Å². The fourth-order valence-electron chi connectivity index (χ4n) is 2.72. The molecule has 132 valence electrons. The van der Waals surface area contributed by atoms with E-state index in [1.165, 1.54) is 0 Å². The lowest BCUT2D eigenvalue weighted by Crippen LogP contribution is -2.28. The summed E-state index contributed by atoms with van der Waals surface area (Å²) in [7, 11) is 0. The Morgan fingerprint density at radius 3 is 2.54 bits per heavy atom. The number of carbonyl (C=O) groups is 1. The van der Waals surface area contributed by atoms with Gasteiger partial charge in [0.25, 0.3) is 0 Å². The maximum absolute atomic E-state index is 12.3. The van der Waals surface area contributed by atoms with Gasteiger partial charge in [0.1, 0.15) is 5.65 Å². The van der Waals surface area contributed by atoms with E-state index in [0.29, 0.717) is 12.5 Å². The Kier molecular flexibility index (Phi) is 4.52. The van der Waals surface area contributed by atoms with Gasteiger partial charge in [-0.1, -0.05) is 57.0 Å². The lowest BCUT2D eigenvalue weighted by molar-refractivity contribution is -0.123. The second-order valence-electron chi connectivity index (χ2n) is 7.34. The van der Waals surface area contributed by atoms with Crippen molar-refractivity contribution in [3.63, 3.8) is 0 Å². The molecule has 1 aromatic carbocycles. The number of rotatable bonds is 3. The molecule has 0 saturated heterocycles. The topological polar surface area (TPSA) is 59.8 Å². The van der Waals surface area contributed by atoms with Crippen molar-refractivity contribution in [1.29, 1.82) is 0 Å². The standard InChI is InChI=1S/C21H22N4O/c1-6-16-13-25(12-15-10-8-7-9-11-15)18-17(16)14(2)22-20(23-18)24-19(26)21(3,4)5/h1,7-11,13H,12H2,2-5H3,(H,22,23,24,26). The van der Waals surface area contributed by atoms with E-state index >= 15 is 0 Å². The van der Waals surface area contributed by atoms with Crippen molar-refractivity contribution >= 4 is 22.9 Å². The molecule has 2 heterocycles. The number of hydrogen-bond acceptors (Lipinski definition) is 3. The summed E-state index contributed by atoms with van der Waals surface area (Å²) in [5, 5.41) is 3.65. The highest BCUT2D eigenvalue weighted by atomic mass is 16.2. The van der Waals surface area contributed by atoms with Crippen LogP contribution in [0.15, 0.2) is 36.5 Å². The lowest BCUT2D eigenvalue weighted by atomic mass is 9.96. The van der Waals surface area contributed by atoms with Gasteiger partial charge in [0, 0.05) is 18.2 Å². The molecule has 0 unspecified atom stereocenters. The number of aromatic nitrogens is 3. The third-order valence-corrected chi connectivity index (χ3v) is 4.15. The highest BCUT2D eigenvalue weighted by molar-refractivity contribution is 5.94. The average Bonchev–Trinajstić information content (AvgIpc) is 2.93. The molecule has 3 rings (SSSR count). The van der Waals surface area contributed by atoms with Gasteiger partial charge in [-0.3, -0.25) is 10.1 Å². The van der Waals surface area contributed by atoms with Crippen LogP contribution in [-0.4, -0.2) is 20.4 Å². The van der Waals surface area contributed by atoms with E-state index < -0.39 is 5.41 Å². The molecule has 1 N–H and O–H groups in total. The molecule has 2 aromatic heterocycles. The van der Waals surface area contributed by atoms with Crippen molar-refractivity contribution in [1.82, 2.24) is 14.5 Å². The first kappa shape index (κ1) is 17.7. The molecule has 0 radical (unpaired) electrons. The van der Waals surface area contributed by atoms with Crippen molar-refractivity contribution < 1.29 is 4.79 Å². The maximum atomic E-state index is 12.3. The van der Waals surface area contributed by atoms with Gasteiger partial charge in [0.05, 0.1) is 16.6 Å². The molecule has 5 heteroatoms. The lowest BCUT2D eigenvalue weighted by Gasteiger charge is -2.17. The van der Waals surface area contributed by atoms with Crippen LogP contribution in [-0.2, 0) is 11.3 Å². The summed E-state index contributed by atoms with van der Waals surface area (Å²) in [6, 6.07) is 10.1.